The number of hydrogen-bond donors (Lipinski definition) is 0. The Morgan fingerprint density at radius 3 is 2.19 bits per heavy atom. The zero-order valence-corrected chi connectivity index (χ0v) is 16.9. The molecule has 3 heteroatoms. The molecule has 2 aromatic carbocycles. The quantitative estimate of drug-likeness (QED) is 0.631. The van der Waals surface area contributed by atoms with Gasteiger partial charge in [-0.2, -0.15) is 5.26 Å². The molecule has 1 saturated carbocycles. The van der Waals surface area contributed by atoms with Gasteiger partial charge in [-0.1, -0.05) is 45.4 Å². The number of hydrogen-bond acceptors (Lipinski definition) is 3. The van der Waals surface area contributed by atoms with E-state index in [0.29, 0.717) is 11.1 Å². The summed E-state index contributed by atoms with van der Waals surface area (Å²) in [6, 6.07) is 13.9. The molecule has 1 saturated heterocycles. The monoisotopic (exact) mass is 364 g/mol. The molecule has 2 aliphatic rings. The Bertz CT molecular complexity index is 766. The van der Waals surface area contributed by atoms with Crippen LogP contribution in [-0.2, 0) is 0 Å². The summed E-state index contributed by atoms with van der Waals surface area (Å²) in [5.74, 6) is 0.992. The molecule has 1 aliphatic heterocycles. The highest BCUT2D eigenvalue weighted by atomic mass is 16.1. The van der Waals surface area contributed by atoms with E-state index >= 15 is 0 Å². The van der Waals surface area contributed by atoms with E-state index in [9.17, 15) is 4.79 Å². The molecule has 0 bridgehead atoms. The molecule has 2 fully saturated rings. The number of aldehydes is 1. The van der Waals surface area contributed by atoms with Gasteiger partial charge in [-0.3, -0.25) is 4.79 Å². The first-order valence-electron chi connectivity index (χ1n) is 10.3. The summed E-state index contributed by atoms with van der Waals surface area (Å²) in [5.41, 5.74) is 1.29. The summed E-state index contributed by atoms with van der Waals surface area (Å²) >= 11 is 0. The molecule has 3 nitrogen and oxygen atoms in total. The first-order chi connectivity index (χ1) is 13.2. The number of fused-ring (bicyclic) bond motifs is 1. The van der Waals surface area contributed by atoms with Crippen LogP contribution in [0.1, 0.15) is 68.8 Å². The fourth-order valence-electron chi connectivity index (χ4n) is 3.55. The Hall–Kier alpha value is -2.18. The van der Waals surface area contributed by atoms with Gasteiger partial charge in [0.2, 0.25) is 0 Å². The molecule has 0 atom stereocenters. The molecular weight excluding hydrogens is 332 g/mol. The Morgan fingerprint density at radius 2 is 1.63 bits per heavy atom. The smallest absolute Gasteiger partial charge is 0.150 e. The van der Waals surface area contributed by atoms with Gasteiger partial charge in [0.1, 0.15) is 6.29 Å². The van der Waals surface area contributed by atoms with Crippen molar-refractivity contribution in [2.45, 2.75) is 58.9 Å². The summed E-state index contributed by atoms with van der Waals surface area (Å²) < 4.78 is 0. The molecular formula is C24H32N2O. The van der Waals surface area contributed by atoms with Crippen LogP contribution in [0.15, 0.2) is 36.4 Å². The predicted octanol–water partition coefficient (Wildman–Crippen LogP) is 5.82. The number of nitriles is 1. The molecule has 0 amide bonds. The maximum Gasteiger partial charge on any atom is 0.150 e. The minimum atomic E-state index is 0.636. The van der Waals surface area contributed by atoms with Crippen molar-refractivity contribution in [3.8, 4) is 6.07 Å². The van der Waals surface area contributed by atoms with E-state index in [1.54, 1.807) is 12.1 Å². The van der Waals surface area contributed by atoms with Crippen molar-refractivity contribution >= 4 is 17.1 Å². The molecule has 2 aromatic rings. The third-order valence-corrected chi connectivity index (χ3v) is 5.54. The van der Waals surface area contributed by atoms with Crippen molar-refractivity contribution in [2.75, 3.05) is 13.1 Å². The largest absolute Gasteiger partial charge is 0.300 e. The lowest BCUT2D eigenvalue weighted by Crippen LogP contribution is -2.44. The van der Waals surface area contributed by atoms with Gasteiger partial charge >= 0.3 is 0 Å². The predicted molar refractivity (Wildman–Crippen MR) is 113 cm³/mol. The highest BCUT2D eigenvalue weighted by molar-refractivity contribution is 5.89. The Kier molecular flexibility index (Phi) is 8.48. The molecule has 0 spiro atoms. The fourth-order valence-corrected chi connectivity index (χ4v) is 3.55. The highest BCUT2D eigenvalue weighted by Crippen LogP contribution is 2.28. The zero-order chi connectivity index (χ0) is 19.6. The molecule has 1 aliphatic carbocycles. The van der Waals surface area contributed by atoms with Gasteiger partial charge in [-0.15, -0.1) is 0 Å². The van der Waals surface area contributed by atoms with Crippen molar-refractivity contribution in [1.29, 1.82) is 5.26 Å². The van der Waals surface area contributed by atoms with Gasteiger partial charge in [0, 0.05) is 11.6 Å². The van der Waals surface area contributed by atoms with E-state index in [4.69, 9.17) is 5.26 Å². The topological polar surface area (TPSA) is 44.1 Å². The molecule has 0 unspecified atom stereocenters. The number of benzene rings is 2. The van der Waals surface area contributed by atoms with Crippen LogP contribution in [-0.4, -0.2) is 30.3 Å². The van der Waals surface area contributed by atoms with Gasteiger partial charge in [0.05, 0.1) is 11.6 Å². The molecule has 0 aromatic heterocycles. The second kappa shape index (κ2) is 10.8. The second-order valence-corrected chi connectivity index (χ2v) is 7.35. The first kappa shape index (κ1) is 21.1. The van der Waals surface area contributed by atoms with Crippen LogP contribution in [0.25, 0.3) is 10.8 Å². The minimum Gasteiger partial charge on any atom is -0.300 e. The summed E-state index contributed by atoms with van der Waals surface area (Å²) in [5, 5.41) is 10.7. The van der Waals surface area contributed by atoms with Crippen LogP contribution in [0.4, 0.5) is 0 Å². The number of carbonyl (C=O) groups excluding carboxylic acids is 1. The fraction of sp³-hybridized carbons (Fsp3) is 0.500. The van der Waals surface area contributed by atoms with E-state index < -0.39 is 0 Å². The molecule has 144 valence electrons. The highest BCUT2D eigenvalue weighted by Gasteiger charge is 2.27. The van der Waals surface area contributed by atoms with Crippen LogP contribution in [0, 0.1) is 17.2 Å². The number of likely N-dealkylation sites (tertiary alicyclic amines) is 1. The van der Waals surface area contributed by atoms with E-state index in [1.807, 2.05) is 38.1 Å². The third kappa shape index (κ3) is 5.91. The standard InChI is InChI=1S/C12H7NO.C10H19N.C2H6/c13-7-9-1-3-12-6-10(8-14)2-4-11(12)5-9;1-9-5-7-11(8-6-9)10-3-2-4-10;1-2/h1-6,8H;9-10H,2-8H2,1H3;1-2H3. The molecule has 1 heterocycles. The van der Waals surface area contributed by atoms with Crippen molar-refractivity contribution in [2.24, 2.45) is 5.92 Å². The van der Waals surface area contributed by atoms with E-state index in [2.05, 4.69) is 17.9 Å². The van der Waals surface area contributed by atoms with Crippen molar-refractivity contribution in [3.63, 3.8) is 0 Å². The van der Waals surface area contributed by atoms with Gasteiger partial charge in [0.15, 0.2) is 0 Å². The average molecular weight is 365 g/mol. The molecule has 4 rings (SSSR count). The lowest BCUT2D eigenvalue weighted by atomic mass is 9.88. The average Bonchev–Trinajstić information content (AvgIpc) is 2.69. The van der Waals surface area contributed by atoms with E-state index in [0.717, 1.165) is 29.0 Å². The number of rotatable bonds is 2. The summed E-state index contributed by atoms with van der Waals surface area (Å²) in [4.78, 5) is 13.2. The van der Waals surface area contributed by atoms with Crippen LogP contribution >= 0.6 is 0 Å². The lowest BCUT2D eigenvalue weighted by Gasteiger charge is -2.41. The van der Waals surface area contributed by atoms with Gasteiger partial charge in [0.25, 0.3) is 0 Å². The SMILES string of the molecule is CC.CC1CCN(C2CCC2)CC1.N#Cc1ccc2cc(C=O)ccc2c1. The Morgan fingerprint density at radius 1 is 1.00 bits per heavy atom. The van der Waals surface area contributed by atoms with Crippen LogP contribution in [0.2, 0.25) is 0 Å². The zero-order valence-electron chi connectivity index (χ0n) is 16.9. The normalized spacial score (nSPS) is 17.6. The van der Waals surface area contributed by atoms with Crippen LogP contribution < -0.4 is 0 Å². The van der Waals surface area contributed by atoms with Crippen molar-refractivity contribution in [3.05, 3.63) is 47.5 Å². The number of nitrogens with zero attached hydrogens (tertiary/aromatic N) is 2. The lowest BCUT2D eigenvalue weighted by molar-refractivity contribution is 0.0883. The van der Waals surface area contributed by atoms with Gasteiger partial charge in [-0.25, -0.2) is 0 Å². The van der Waals surface area contributed by atoms with E-state index in [-0.39, 0.29) is 0 Å². The molecule has 27 heavy (non-hydrogen) atoms. The minimum absolute atomic E-state index is 0.636. The van der Waals surface area contributed by atoms with Crippen LogP contribution in [0.3, 0.4) is 0 Å². The third-order valence-electron chi connectivity index (χ3n) is 5.54. The van der Waals surface area contributed by atoms with Gasteiger partial charge < -0.3 is 4.90 Å². The van der Waals surface area contributed by atoms with Crippen LogP contribution in [0.5, 0.6) is 0 Å². The maximum absolute atomic E-state index is 10.5. The molecule has 0 radical (unpaired) electrons. The van der Waals surface area contributed by atoms with Crippen molar-refractivity contribution in [1.82, 2.24) is 4.90 Å². The van der Waals surface area contributed by atoms with Crippen molar-refractivity contribution < 1.29 is 4.79 Å². The number of piperidine rings is 1. The second-order valence-electron chi connectivity index (χ2n) is 7.35. The van der Waals surface area contributed by atoms with E-state index in [1.165, 1.54) is 45.2 Å². The maximum atomic E-state index is 10.5. The summed E-state index contributed by atoms with van der Waals surface area (Å²) in [6.07, 6.45) is 8.14. The van der Waals surface area contributed by atoms with Gasteiger partial charge in [-0.05, 0) is 73.7 Å². The Labute approximate surface area is 164 Å². The summed E-state index contributed by atoms with van der Waals surface area (Å²) in [7, 11) is 0. The first-order valence-corrected chi connectivity index (χ1v) is 10.3. The summed E-state index contributed by atoms with van der Waals surface area (Å²) in [6.45, 7) is 9.15. The Balaban J connectivity index is 0.000000181. The number of carbonyl (C=O) groups is 1. The molecule has 0 N–H and O–H groups in total.